The molecule has 1 aliphatic rings. The smallest absolute Gasteiger partial charge is 0.265 e. The van der Waals surface area contributed by atoms with Gasteiger partial charge in [-0.15, -0.1) is 11.3 Å². The van der Waals surface area contributed by atoms with Gasteiger partial charge in [-0.05, 0) is 62.1 Å². The molecule has 2 aromatic rings. The van der Waals surface area contributed by atoms with Gasteiger partial charge in [0.1, 0.15) is 0 Å². The monoisotopic (exact) mass is 342 g/mol. The van der Waals surface area contributed by atoms with E-state index in [0.29, 0.717) is 10.4 Å². The van der Waals surface area contributed by atoms with E-state index in [1.54, 1.807) is 6.07 Å². The number of amides is 2. The van der Waals surface area contributed by atoms with Gasteiger partial charge in [0, 0.05) is 29.2 Å². The molecule has 0 atom stereocenters. The molecule has 126 valence electrons. The van der Waals surface area contributed by atoms with E-state index in [1.165, 1.54) is 16.2 Å². The van der Waals surface area contributed by atoms with E-state index in [2.05, 4.69) is 12.2 Å². The normalized spacial score (nSPS) is 14.0. The minimum atomic E-state index is -0.0959. The van der Waals surface area contributed by atoms with E-state index >= 15 is 0 Å². The van der Waals surface area contributed by atoms with Crippen LogP contribution in [0.1, 0.15) is 50.2 Å². The molecule has 5 heteroatoms. The number of rotatable bonds is 4. The lowest BCUT2D eigenvalue weighted by Gasteiger charge is -2.16. The molecule has 0 radical (unpaired) electrons. The number of nitrogens with zero attached hydrogens (tertiary/aromatic N) is 1. The molecule has 4 nitrogen and oxygen atoms in total. The average Bonchev–Trinajstić information content (AvgIpc) is 3.27. The van der Waals surface area contributed by atoms with Crippen LogP contribution < -0.4 is 5.32 Å². The molecule has 0 unspecified atom stereocenters. The fourth-order valence-corrected chi connectivity index (χ4v) is 3.76. The van der Waals surface area contributed by atoms with Crippen LogP contribution in [0.25, 0.3) is 0 Å². The first-order valence-corrected chi connectivity index (χ1v) is 9.20. The van der Waals surface area contributed by atoms with Gasteiger partial charge in [0.15, 0.2) is 0 Å². The summed E-state index contributed by atoms with van der Waals surface area (Å²) in [5, 5.41) is 2.95. The Kier molecular flexibility index (Phi) is 5.00. The van der Waals surface area contributed by atoms with Crippen LogP contribution in [0.15, 0.2) is 30.3 Å². The maximum Gasteiger partial charge on any atom is 0.265 e. The van der Waals surface area contributed by atoms with Crippen molar-refractivity contribution in [3.05, 3.63) is 51.2 Å². The largest absolute Gasteiger partial charge is 0.339 e. The van der Waals surface area contributed by atoms with Crippen molar-refractivity contribution in [1.29, 1.82) is 0 Å². The molecule has 1 fully saturated rings. The molecule has 0 bridgehead atoms. The summed E-state index contributed by atoms with van der Waals surface area (Å²) in [7, 11) is 0. The van der Waals surface area contributed by atoms with Crippen molar-refractivity contribution in [3.63, 3.8) is 0 Å². The van der Waals surface area contributed by atoms with Gasteiger partial charge in [-0.1, -0.05) is 6.92 Å². The first-order valence-electron chi connectivity index (χ1n) is 8.38. The van der Waals surface area contributed by atoms with Crippen molar-refractivity contribution in [2.45, 2.75) is 33.1 Å². The molecule has 1 N–H and O–H groups in total. The summed E-state index contributed by atoms with van der Waals surface area (Å²) in [4.78, 5) is 28.6. The molecule has 1 saturated heterocycles. The summed E-state index contributed by atoms with van der Waals surface area (Å²) in [5.74, 6) is -0.0132. The quantitative estimate of drug-likeness (QED) is 0.909. The molecule has 3 rings (SSSR count). The van der Waals surface area contributed by atoms with Crippen LogP contribution in [0.2, 0.25) is 0 Å². The number of likely N-dealkylation sites (tertiary alicyclic amines) is 1. The number of hydrogen-bond donors (Lipinski definition) is 1. The Morgan fingerprint density at radius 3 is 2.54 bits per heavy atom. The van der Waals surface area contributed by atoms with Crippen molar-refractivity contribution in [1.82, 2.24) is 4.90 Å². The minimum absolute atomic E-state index is 0.0827. The minimum Gasteiger partial charge on any atom is -0.339 e. The van der Waals surface area contributed by atoms with Crippen molar-refractivity contribution >= 4 is 28.8 Å². The number of benzene rings is 1. The van der Waals surface area contributed by atoms with Crippen LogP contribution in [0.5, 0.6) is 0 Å². The second kappa shape index (κ2) is 7.18. The van der Waals surface area contributed by atoms with Crippen molar-refractivity contribution in [2.24, 2.45) is 0 Å². The second-order valence-electron chi connectivity index (χ2n) is 6.10. The lowest BCUT2D eigenvalue weighted by atomic mass is 10.1. The summed E-state index contributed by atoms with van der Waals surface area (Å²) in [6.45, 7) is 5.68. The predicted octanol–water partition coefficient (Wildman–Crippen LogP) is 4.11. The fourth-order valence-electron chi connectivity index (χ4n) is 2.91. The first-order chi connectivity index (χ1) is 11.6. The fraction of sp³-hybridized carbons (Fsp3) is 0.368. The van der Waals surface area contributed by atoms with Crippen molar-refractivity contribution in [3.8, 4) is 0 Å². The SMILES string of the molecule is CCc1ccc(C(=O)Nc2ccc(C(=O)N3CCCC3)cc2C)s1. The van der Waals surface area contributed by atoms with E-state index in [1.807, 2.05) is 36.1 Å². The van der Waals surface area contributed by atoms with Gasteiger partial charge in [-0.25, -0.2) is 0 Å². The summed E-state index contributed by atoms with van der Waals surface area (Å²) >= 11 is 1.52. The highest BCUT2D eigenvalue weighted by Gasteiger charge is 2.20. The lowest BCUT2D eigenvalue weighted by molar-refractivity contribution is 0.0792. The summed E-state index contributed by atoms with van der Waals surface area (Å²) < 4.78 is 0. The van der Waals surface area contributed by atoms with E-state index in [-0.39, 0.29) is 11.8 Å². The zero-order valence-electron chi connectivity index (χ0n) is 14.1. The summed E-state index contributed by atoms with van der Waals surface area (Å²) in [5.41, 5.74) is 2.35. The summed E-state index contributed by atoms with van der Waals surface area (Å²) in [6, 6.07) is 9.34. The van der Waals surface area contributed by atoms with Crippen LogP contribution >= 0.6 is 11.3 Å². The van der Waals surface area contributed by atoms with Crippen LogP contribution in [0.3, 0.4) is 0 Å². The molecule has 24 heavy (non-hydrogen) atoms. The Labute approximate surface area is 146 Å². The summed E-state index contributed by atoms with van der Waals surface area (Å²) in [6.07, 6.45) is 3.10. The topological polar surface area (TPSA) is 49.4 Å². The van der Waals surface area contributed by atoms with Gasteiger partial charge in [-0.3, -0.25) is 9.59 Å². The zero-order chi connectivity index (χ0) is 17.1. The molecule has 0 aliphatic carbocycles. The Bertz CT molecular complexity index is 760. The van der Waals surface area contributed by atoms with Crippen LogP contribution in [-0.2, 0) is 6.42 Å². The first kappa shape index (κ1) is 16.7. The molecule has 0 saturated carbocycles. The Morgan fingerprint density at radius 1 is 1.17 bits per heavy atom. The number of hydrogen-bond acceptors (Lipinski definition) is 3. The second-order valence-corrected chi connectivity index (χ2v) is 7.27. The highest BCUT2D eigenvalue weighted by atomic mass is 32.1. The molecule has 2 heterocycles. The van der Waals surface area contributed by atoms with Gasteiger partial charge in [0.2, 0.25) is 0 Å². The van der Waals surface area contributed by atoms with Gasteiger partial charge < -0.3 is 10.2 Å². The third kappa shape index (κ3) is 3.51. The molecule has 1 aliphatic heterocycles. The molecule has 1 aromatic carbocycles. The van der Waals surface area contributed by atoms with Gasteiger partial charge in [0.05, 0.1) is 4.88 Å². The highest BCUT2D eigenvalue weighted by molar-refractivity contribution is 7.14. The molecular formula is C19H22N2O2S. The number of thiophene rings is 1. The van der Waals surface area contributed by atoms with E-state index in [0.717, 1.165) is 43.6 Å². The maximum absolute atomic E-state index is 12.4. The molecule has 1 aromatic heterocycles. The average molecular weight is 342 g/mol. The number of carbonyl (C=O) groups is 2. The Morgan fingerprint density at radius 2 is 1.92 bits per heavy atom. The van der Waals surface area contributed by atoms with Crippen LogP contribution in [0.4, 0.5) is 5.69 Å². The molecule has 2 amide bonds. The third-order valence-electron chi connectivity index (χ3n) is 4.35. The molecular weight excluding hydrogens is 320 g/mol. The Hall–Kier alpha value is -2.14. The highest BCUT2D eigenvalue weighted by Crippen LogP contribution is 2.22. The number of nitrogens with one attached hydrogen (secondary N) is 1. The number of carbonyl (C=O) groups excluding carboxylic acids is 2. The third-order valence-corrected chi connectivity index (χ3v) is 5.58. The molecule has 0 spiro atoms. The van der Waals surface area contributed by atoms with Crippen LogP contribution in [0, 0.1) is 6.92 Å². The van der Waals surface area contributed by atoms with Gasteiger partial charge in [0.25, 0.3) is 11.8 Å². The predicted molar refractivity (Wildman–Crippen MR) is 98.0 cm³/mol. The van der Waals surface area contributed by atoms with Crippen LogP contribution in [-0.4, -0.2) is 29.8 Å². The standard InChI is InChI=1S/C19H22N2O2S/c1-3-15-7-9-17(24-15)18(22)20-16-8-6-14(12-13(16)2)19(23)21-10-4-5-11-21/h6-9,12H,3-5,10-11H2,1-2H3,(H,20,22). The van der Waals surface area contributed by atoms with Crippen molar-refractivity contribution < 1.29 is 9.59 Å². The van der Waals surface area contributed by atoms with E-state index in [4.69, 9.17) is 0 Å². The van der Waals surface area contributed by atoms with Gasteiger partial charge >= 0.3 is 0 Å². The lowest BCUT2D eigenvalue weighted by Crippen LogP contribution is -2.27. The number of anilines is 1. The Balaban J connectivity index is 1.72. The van der Waals surface area contributed by atoms with Crippen molar-refractivity contribution in [2.75, 3.05) is 18.4 Å². The number of aryl methyl sites for hydroxylation is 2. The van der Waals surface area contributed by atoms with Gasteiger partial charge in [-0.2, -0.15) is 0 Å². The van der Waals surface area contributed by atoms with E-state index < -0.39 is 0 Å². The zero-order valence-corrected chi connectivity index (χ0v) is 14.9. The van der Waals surface area contributed by atoms with E-state index in [9.17, 15) is 9.59 Å². The maximum atomic E-state index is 12.4.